The largest absolute Gasteiger partial charge is 0.378 e. The van der Waals surface area contributed by atoms with Crippen molar-refractivity contribution in [1.82, 2.24) is 20.1 Å². The number of rotatable bonds is 7. The highest BCUT2D eigenvalue weighted by atomic mass is 16.5. The predicted octanol–water partition coefficient (Wildman–Crippen LogP) is 2.27. The lowest BCUT2D eigenvalue weighted by molar-refractivity contribution is -0.121. The van der Waals surface area contributed by atoms with Gasteiger partial charge >= 0.3 is 0 Å². The lowest BCUT2D eigenvalue weighted by Gasteiger charge is -2.16. The molecular weight excluding hydrogens is 344 g/mol. The fourth-order valence-corrected chi connectivity index (χ4v) is 4.02. The molecule has 0 spiro atoms. The van der Waals surface area contributed by atoms with E-state index in [1.807, 2.05) is 27.8 Å². The Morgan fingerprint density at radius 2 is 2.22 bits per heavy atom. The van der Waals surface area contributed by atoms with Gasteiger partial charge in [0.1, 0.15) is 5.65 Å². The second-order valence-electron chi connectivity index (χ2n) is 7.67. The minimum atomic E-state index is -0.137. The maximum absolute atomic E-state index is 12.5. The van der Waals surface area contributed by atoms with Gasteiger partial charge in [0.15, 0.2) is 0 Å². The molecule has 0 aliphatic carbocycles. The van der Waals surface area contributed by atoms with Crippen LogP contribution in [0.5, 0.6) is 0 Å². The Hall–Kier alpha value is -2.15. The van der Waals surface area contributed by atoms with E-state index in [9.17, 15) is 9.59 Å². The van der Waals surface area contributed by atoms with E-state index in [1.54, 1.807) is 4.68 Å². The predicted molar refractivity (Wildman–Crippen MR) is 105 cm³/mol. The van der Waals surface area contributed by atoms with E-state index in [4.69, 9.17) is 4.74 Å². The van der Waals surface area contributed by atoms with Crippen LogP contribution < -0.4 is 10.9 Å². The molecule has 0 bridgehead atoms. The zero-order valence-corrected chi connectivity index (χ0v) is 16.7. The molecule has 1 saturated heterocycles. The molecule has 3 heterocycles. The summed E-state index contributed by atoms with van der Waals surface area (Å²) in [6.45, 7) is 6.75. The van der Waals surface area contributed by atoms with Crippen molar-refractivity contribution in [2.24, 2.45) is 7.05 Å². The van der Waals surface area contributed by atoms with Crippen molar-refractivity contribution in [2.45, 2.75) is 71.4 Å². The minimum Gasteiger partial charge on any atom is -0.378 e. The van der Waals surface area contributed by atoms with E-state index >= 15 is 0 Å². The summed E-state index contributed by atoms with van der Waals surface area (Å²) < 4.78 is 7.31. The van der Waals surface area contributed by atoms with Crippen molar-refractivity contribution in [2.75, 3.05) is 6.61 Å². The molecule has 148 valence electrons. The number of nitrogens with zero attached hydrogens (tertiary/aromatic N) is 2. The summed E-state index contributed by atoms with van der Waals surface area (Å²) in [6.07, 6.45) is 5.24. The van der Waals surface area contributed by atoms with Gasteiger partial charge in [-0.3, -0.25) is 14.3 Å². The van der Waals surface area contributed by atoms with E-state index in [-0.39, 0.29) is 17.5 Å². The van der Waals surface area contributed by atoms with E-state index < -0.39 is 0 Å². The number of pyridine rings is 1. The van der Waals surface area contributed by atoms with Crippen molar-refractivity contribution in [3.8, 4) is 0 Å². The molecular formula is C20H30N4O3. The van der Waals surface area contributed by atoms with Gasteiger partial charge in [0.25, 0.3) is 5.56 Å². The first kappa shape index (κ1) is 19.6. The number of aromatic amines is 1. The Balaban J connectivity index is 1.58. The van der Waals surface area contributed by atoms with Gasteiger partial charge in [0, 0.05) is 37.1 Å². The molecule has 1 fully saturated rings. The van der Waals surface area contributed by atoms with Crippen molar-refractivity contribution < 1.29 is 9.53 Å². The topological polar surface area (TPSA) is 89.0 Å². The minimum absolute atomic E-state index is 0.0170. The van der Waals surface area contributed by atoms with Crippen LogP contribution in [0.25, 0.3) is 11.0 Å². The Kier molecular flexibility index (Phi) is 5.99. The standard InChI is InChI=1S/C20H30N4O3/c1-12(7-8-15-6-5-11-27-15)21-17(25)10-9-16-13(2)18-14(3)23-24(4)19(18)22-20(16)26/h12,15H,5-11H2,1-4H3,(H,21,25)(H,22,26)/t12-,15-/m0/s1. The SMILES string of the molecule is Cc1nn(C)c2[nH]c(=O)c(CCC(=O)N[C@@H](C)CC[C@@H]3CCCO3)c(C)c12. The Morgan fingerprint density at radius 3 is 2.93 bits per heavy atom. The number of carbonyl (C=O) groups excluding carboxylic acids is 1. The normalized spacial score (nSPS) is 18.1. The number of hydrogen-bond acceptors (Lipinski definition) is 4. The van der Waals surface area contributed by atoms with Crippen LogP contribution in [0.2, 0.25) is 0 Å². The van der Waals surface area contributed by atoms with Crippen LogP contribution >= 0.6 is 0 Å². The molecule has 7 nitrogen and oxygen atoms in total. The maximum atomic E-state index is 12.5. The molecule has 7 heteroatoms. The zero-order valence-electron chi connectivity index (χ0n) is 16.7. The van der Waals surface area contributed by atoms with Crippen molar-refractivity contribution in [1.29, 1.82) is 0 Å². The summed E-state index contributed by atoms with van der Waals surface area (Å²) in [6, 6.07) is 0.115. The molecule has 1 amide bonds. The Bertz CT molecular complexity index is 877. The van der Waals surface area contributed by atoms with Crippen LogP contribution in [0.15, 0.2) is 4.79 Å². The first-order chi connectivity index (χ1) is 12.9. The van der Waals surface area contributed by atoms with Crippen molar-refractivity contribution >= 4 is 16.9 Å². The van der Waals surface area contributed by atoms with Gasteiger partial charge in [-0.1, -0.05) is 0 Å². The number of aromatic nitrogens is 3. The number of ether oxygens (including phenoxy) is 1. The smallest absolute Gasteiger partial charge is 0.253 e. The number of carbonyl (C=O) groups is 1. The highest BCUT2D eigenvalue weighted by Gasteiger charge is 2.18. The summed E-state index contributed by atoms with van der Waals surface area (Å²) in [5.41, 5.74) is 3.06. The van der Waals surface area contributed by atoms with Crippen LogP contribution in [0.1, 0.15) is 55.8 Å². The van der Waals surface area contributed by atoms with Gasteiger partial charge in [0.05, 0.1) is 11.8 Å². The van der Waals surface area contributed by atoms with Gasteiger partial charge in [-0.25, -0.2) is 0 Å². The van der Waals surface area contributed by atoms with E-state index in [1.165, 1.54) is 0 Å². The highest BCUT2D eigenvalue weighted by molar-refractivity contribution is 5.83. The number of amides is 1. The monoisotopic (exact) mass is 374 g/mol. The van der Waals surface area contributed by atoms with Crippen LogP contribution in [0.4, 0.5) is 0 Å². The average molecular weight is 374 g/mol. The van der Waals surface area contributed by atoms with E-state index in [0.717, 1.165) is 54.6 Å². The molecule has 27 heavy (non-hydrogen) atoms. The van der Waals surface area contributed by atoms with Crippen molar-refractivity contribution in [3.05, 3.63) is 27.2 Å². The molecule has 0 radical (unpaired) electrons. The van der Waals surface area contributed by atoms with Gasteiger partial charge < -0.3 is 15.0 Å². The first-order valence-corrected chi connectivity index (χ1v) is 9.82. The second kappa shape index (κ2) is 8.25. The summed E-state index contributed by atoms with van der Waals surface area (Å²) in [5.74, 6) is -0.0170. The third-order valence-electron chi connectivity index (χ3n) is 5.51. The van der Waals surface area contributed by atoms with E-state index in [2.05, 4.69) is 15.4 Å². The lowest BCUT2D eigenvalue weighted by atomic mass is 10.0. The Morgan fingerprint density at radius 1 is 1.44 bits per heavy atom. The molecule has 2 aromatic rings. The number of hydrogen-bond donors (Lipinski definition) is 2. The van der Waals surface area contributed by atoms with Gasteiger partial charge in [0.2, 0.25) is 5.91 Å². The van der Waals surface area contributed by atoms with Gasteiger partial charge in [-0.2, -0.15) is 5.10 Å². The molecule has 1 aliphatic rings. The third kappa shape index (κ3) is 4.40. The summed E-state index contributed by atoms with van der Waals surface area (Å²) >= 11 is 0. The third-order valence-corrected chi connectivity index (χ3v) is 5.51. The molecule has 1 aliphatic heterocycles. The van der Waals surface area contributed by atoms with Crippen molar-refractivity contribution in [3.63, 3.8) is 0 Å². The summed E-state index contributed by atoms with van der Waals surface area (Å²) in [5, 5.41) is 8.39. The molecule has 2 N–H and O–H groups in total. The number of fused-ring (bicyclic) bond motifs is 1. The molecule has 2 aromatic heterocycles. The molecule has 0 aromatic carbocycles. The average Bonchev–Trinajstić information content (AvgIpc) is 3.21. The maximum Gasteiger partial charge on any atom is 0.253 e. The first-order valence-electron chi connectivity index (χ1n) is 9.82. The molecule has 2 atom stereocenters. The Labute approximate surface area is 159 Å². The fraction of sp³-hybridized carbons (Fsp3) is 0.650. The van der Waals surface area contributed by atoms with E-state index in [0.29, 0.717) is 24.5 Å². The number of H-pyrrole nitrogens is 1. The quantitative estimate of drug-likeness (QED) is 0.778. The fourth-order valence-electron chi connectivity index (χ4n) is 4.02. The number of nitrogens with one attached hydrogen (secondary N) is 2. The second-order valence-corrected chi connectivity index (χ2v) is 7.67. The highest BCUT2D eigenvalue weighted by Crippen LogP contribution is 2.21. The van der Waals surface area contributed by atoms with Crippen LogP contribution in [-0.4, -0.2) is 39.4 Å². The molecule has 3 rings (SSSR count). The lowest BCUT2D eigenvalue weighted by Crippen LogP contribution is -2.33. The number of aryl methyl sites for hydroxylation is 3. The van der Waals surface area contributed by atoms with Crippen LogP contribution in [0.3, 0.4) is 0 Å². The summed E-state index contributed by atoms with van der Waals surface area (Å²) in [4.78, 5) is 27.7. The molecule has 0 saturated carbocycles. The van der Waals surface area contributed by atoms with Crippen LogP contribution in [-0.2, 0) is 23.0 Å². The van der Waals surface area contributed by atoms with Gasteiger partial charge in [-0.15, -0.1) is 0 Å². The van der Waals surface area contributed by atoms with Gasteiger partial charge in [-0.05, 0) is 58.4 Å². The summed E-state index contributed by atoms with van der Waals surface area (Å²) in [7, 11) is 1.82. The van der Waals surface area contributed by atoms with Crippen LogP contribution in [0, 0.1) is 13.8 Å². The molecule has 0 unspecified atom stereocenters. The zero-order chi connectivity index (χ0) is 19.6.